The summed E-state index contributed by atoms with van der Waals surface area (Å²) in [6.07, 6.45) is 2.62. The van der Waals surface area contributed by atoms with Crippen LogP contribution in [0.1, 0.15) is 28.4 Å². The molecule has 6 heteroatoms. The van der Waals surface area contributed by atoms with Gasteiger partial charge < -0.3 is 9.09 Å². The highest BCUT2D eigenvalue weighted by Gasteiger charge is 2.15. The molecule has 2 aromatic heterocycles. The third-order valence-corrected chi connectivity index (χ3v) is 4.87. The summed E-state index contributed by atoms with van der Waals surface area (Å²) in [5, 5.41) is 6.63. The van der Waals surface area contributed by atoms with Gasteiger partial charge in [-0.25, -0.2) is 0 Å². The number of anilines is 1. The lowest BCUT2D eigenvalue weighted by molar-refractivity contribution is 0.102. The lowest BCUT2D eigenvalue weighted by Crippen LogP contribution is -2.28. The molecule has 0 aliphatic carbocycles. The van der Waals surface area contributed by atoms with Gasteiger partial charge in [0, 0.05) is 17.8 Å². The molecule has 0 radical (unpaired) electrons. The van der Waals surface area contributed by atoms with Crippen molar-refractivity contribution in [3.8, 4) is 11.3 Å². The van der Waals surface area contributed by atoms with Gasteiger partial charge in [0.15, 0.2) is 0 Å². The van der Waals surface area contributed by atoms with E-state index in [0.29, 0.717) is 12.2 Å². The number of nitrogens with zero attached hydrogens (tertiary/aromatic N) is 2. The van der Waals surface area contributed by atoms with Crippen LogP contribution in [-0.4, -0.2) is 15.6 Å². The van der Waals surface area contributed by atoms with Gasteiger partial charge in [-0.15, -0.1) is 0 Å². The van der Waals surface area contributed by atoms with Crippen LogP contribution in [0, 0.1) is 0 Å². The molecule has 1 N–H and O–H groups in total. The van der Waals surface area contributed by atoms with E-state index in [4.69, 9.17) is 4.52 Å². The quantitative estimate of drug-likeness (QED) is 0.522. The van der Waals surface area contributed by atoms with Gasteiger partial charge in [0.05, 0.1) is 6.54 Å². The first-order valence-electron chi connectivity index (χ1n) is 9.75. The molecule has 0 bridgehead atoms. The van der Waals surface area contributed by atoms with Crippen molar-refractivity contribution >= 4 is 11.8 Å². The summed E-state index contributed by atoms with van der Waals surface area (Å²) in [7, 11) is 0. The van der Waals surface area contributed by atoms with Gasteiger partial charge in [0.2, 0.25) is 5.88 Å². The maximum absolute atomic E-state index is 12.7. The summed E-state index contributed by atoms with van der Waals surface area (Å²) >= 11 is 0. The van der Waals surface area contributed by atoms with E-state index in [9.17, 15) is 9.59 Å². The number of carbonyl (C=O) groups is 1. The van der Waals surface area contributed by atoms with E-state index >= 15 is 0 Å². The van der Waals surface area contributed by atoms with Crippen LogP contribution in [0.4, 0.5) is 5.88 Å². The van der Waals surface area contributed by atoms with Gasteiger partial charge in [-0.05, 0) is 29.7 Å². The molecule has 6 nitrogen and oxygen atoms in total. The Bertz CT molecular complexity index is 1210. The fourth-order valence-electron chi connectivity index (χ4n) is 3.17. The first kappa shape index (κ1) is 19.4. The summed E-state index contributed by atoms with van der Waals surface area (Å²) in [4.78, 5) is 25.4. The number of pyridine rings is 1. The van der Waals surface area contributed by atoms with Crippen molar-refractivity contribution < 1.29 is 9.32 Å². The Morgan fingerprint density at radius 3 is 2.50 bits per heavy atom. The zero-order valence-corrected chi connectivity index (χ0v) is 16.5. The van der Waals surface area contributed by atoms with Gasteiger partial charge in [-0.1, -0.05) is 66.7 Å². The Hall–Kier alpha value is -3.93. The van der Waals surface area contributed by atoms with E-state index in [1.54, 1.807) is 18.3 Å². The minimum atomic E-state index is -0.536. The molecule has 0 saturated heterocycles. The largest absolute Gasteiger partial charge is 0.338 e. The van der Waals surface area contributed by atoms with Crippen molar-refractivity contribution in [1.82, 2.24) is 9.72 Å². The van der Waals surface area contributed by atoms with Crippen molar-refractivity contribution in [2.75, 3.05) is 5.32 Å². The Balaban J connectivity index is 1.51. The highest BCUT2D eigenvalue weighted by molar-refractivity contribution is 6.03. The average molecular weight is 399 g/mol. The second-order valence-electron chi connectivity index (χ2n) is 6.92. The molecule has 0 aliphatic heterocycles. The molecule has 0 atom stereocenters. The molecule has 1 amide bonds. The standard InChI is InChI=1S/C24H21N3O3/c1-2-17-10-12-19(13-11-17)21-15-22(30-26-21)25-23(28)20-9-6-14-27(24(20)29)16-18-7-4-3-5-8-18/h3-15H,2,16H2,1H3,(H,25,28). The van der Waals surface area contributed by atoms with E-state index < -0.39 is 5.91 Å². The Kier molecular flexibility index (Phi) is 5.57. The molecule has 30 heavy (non-hydrogen) atoms. The highest BCUT2D eigenvalue weighted by Crippen LogP contribution is 2.22. The summed E-state index contributed by atoms with van der Waals surface area (Å²) in [5.41, 5.74) is 3.38. The molecular formula is C24H21N3O3. The van der Waals surface area contributed by atoms with Crippen LogP contribution in [0.5, 0.6) is 0 Å². The first-order valence-corrected chi connectivity index (χ1v) is 9.75. The number of benzene rings is 2. The Morgan fingerprint density at radius 1 is 1.00 bits per heavy atom. The maximum Gasteiger partial charge on any atom is 0.263 e. The fourth-order valence-corrected chi connectivity index (χ4v) is 3.17. The van der Waals surface area contributed by atoms with E-state index in [2.05, 4.69) is 17.4 Å². The molecule has 2 heterocycles. The highest BCUT2D eigenvalue weighted by atomic mass is 16.5. The summed E-state index contributed by atoms with van der Waals surface area (Å²) in [6, 6.07) is 22.4. The van der Waals surface area contributed by atoms with Crippen molar-refractivity contribution in [3.05, 3.63) is 106 Å². The topological polar surface area (TPSA) is 77.1 Å². The lowest BCUT2D eigenvalue weighted by Gasteiger charge is -2.08. The molecular weight excluding hydrogens is 378 g/mol. The van der Waals surface area contributed by atoms with Crippen LogP contribution >= 0.6 is 0 Å². The van der Waals surface area contributed by atoms with Gasteiger partial charge in [0.1, 0.15) is 11.3 Å². The molecule has 2 aromatic carbocycles. The van der Waals surface area contributed by atoms with Crippen LogP contribution in [0.3, 0.4) is 0 Å². The number of amides is 1. The van der Waals surface area contributed by atoms with Crippen molar-refractivity contribution in [3.63, 3.8) is 0 Å². The van der Waals surface area contributed by atoms with Crippen molar-refractivity contribution in [2.45, 2.75) is 19.9 Å². The minimum absolute atomic E-state index is 0.0404. The van der Waals surface area contributed by atoms with E-state index in [1.165, 1.54) is 16.2 Å². The van der Waals surface area contributed by atoms with Gasteiger partial charge in [-0.2, -0.15) is 0 Å². The molecule has 150 valence electrons. The second-order valence-corrected chi connectivity index (χ2v) is 6.92. The summed E-state index contributed by atoms with van der Waals surface area (Å²) in [5.74, 6) is -0.348. The second kappa shape index (κ2) is 8.61. The smallest absolute Gasteiger partial charge is 0.263 e. The maximum atomic E-state index is 12.7. The Morgan fingerprint density at radius 2 is 1.77 bits per heavy atom. The third kappa shape index (κ3) is 4.22. The van der Waals surface area contributed by atoms with Crippen LogP contribution in [0.25, 0.3) is 11.3 Å². The molecule has 0 unspecified atom stereocenters. The molecule has 0 fully saturated rings. The van der Waals surface area contributed by atoms with E-state index in [1.807, 2.05) is 54.6 Å². The normalized spacial score (nSPS) is 10.7. The number of rotatable bonds is 6. The van der Waals surface area contributed by atoms with Gasteiger partial charge >= 0.3 is 0 Å². The first-order chi connectivity index (χ1) is 14.6. The number of carbonyl (C=O) groups excluding carboxylic acids is 1. The summed E-state index contributed by atoms with van der Waals surface area (Å²) < 4.78 is 6.75. The monoisotopic (exact) mass is 399 g/mol. The minimum Gasteiger partial charge on any atom is -0.338 e. The van der Waals surface area contributed by atoms with Crippen molar-refractivity contribution in [2.24, 2.45) is 0 Å². The number of hydrogen-bond acceptors (Lipinski definition) is 4. The molecule has 4 rings (SSSR count). The van der Waals surface area contributed by atoms with Crippen molar-refractivity contribution in [1.29, 1.82) is 0 Å². The molecule has 0 saturated carbocycles. The van der Waals surface area contributed by atoms with Gasteiger partial charge in [-0.3, -0.25) is 14.9 Å². The predicted octanol–water partition coefficient (Wildman–Crippen LogP) is 4.37. The predicted molar refractivity (Wildman–Crippen MR) is 116 cm³/mol. The zero-order chi connectivity index (χ0) is 20.9. The van der Waals surface area contributed by atoms with Crippen LogP contribution in [-0.2, 0) is 13.0 Å². The number of aryl methyl sites for hydroxylation is 1. The molecule has 0 spiro atoms. The van der Waals surface area contributed by atoms with Gasteiger partial charge in [0.25, 0.3) is 11.5 Å². The van der Waals surface area contributed by atoms with E-state index in [0.717, 1.165) is 17.5 Å². The van der Waals surface area contributed by atoms with Crippen LogP contribution in [0.15, 0.2) is 88.3 Å². The average Bonchev–Trinajstić information content (AvgIpc) is 3.24. The van der Waals surface area contributed by atoms with Crippen LogP contribution in [0.2, 0.25) is 0 Å². The number of aromatic nitrogens is 2. The zero-order valence-electron chi connectivity index (χ0n) is 16.5. The third-order valence-electron chi connectivity index (χ3n) is 4.87. The SMILES string of the molecule is CCc1ccc(-c2cc(NC(=O)c3cccn(Cc4ccccc4)c3=O)on2)cc1. The lowest BCUT2D eigenvalue weighted by atomic mass is 10.1. The number of nitrogens with one attached hydrogen (secondary N) is 1. The molecule has 0 aliphatic rings. The number of hydrogen-bond donors (Lipinski definition) is 1. The van der Waals surface area contributed by atoms with E-state index in [-0.39, 0.29) is 17.0 Å². The van der Waals surface area contributed by atoms with Crippen LogP contribution < -0.4 is 10.9 Å². The Labute approximate surface area is 173 Å². The molecule has 4 aromatic rings. The fraction of sp³-hybridized carbons (Fsp3) is 0.125. The summed E-state index contributed by atoms with van der Waals surface area (Å²) in [6.45, 7) is 2.48.